The molecule has 0 heterocycles. The summed E-state index contributed by atoms with van der Waals surface area (Å²) in [5.41, 5.74) is 0. The minimum atomic E-state index is -0.791. The zero-order valence-corrected chi connectivity index (χ0v) is 52.1. The maximum absolute atomic E-state index is 12.9. The van der Waals surface area contributed by atoms with Crippen molar-refractivity contribution in [1.29, 1.82) is 0 Å². The van der Waals surface area contributed by atoms with Gasteiger partial charge in [-0.15, -0.1) is 0 Å². The van der Waals surface area contributed by atoms with E-state index in [0.717, 1.165) is 122 Å². The summed E-state index contributed by atoms with van der Waals surface area (Å²) in [5.74, 6) is -0.893. The number of hydrogen-bond acceptors (Lipinski definition) is 6. The van der Waals surface area contributed by atoms with E-state index < -0.39 is 6.10 Å². The second kappa shape index (κ2) is 66.8. The van der Waals surface area contributed by atoms with Crippen molar-refractivity contribution in [1.82, 2.24) is 0 Å². The fourth-order valence-corrected chi connectivity index (χ4v) is 9.54. The molecular formula is C73H126O6. The van der Waals surface area contributed by atoms with Crippen LogP contribution in [-0.4, -0.2) is 37.2 Å². The van der Waals surface area contributed by atoms with Crippen molar-refractivity contribution >= 4 is 17.9 Å². The van der Waals surface area contributed by atoms with Crippen LogP contribution in [0.2, 0.25) is 0 Å². The van der Waals surface area contributed by atoms with E-state index in [9.17, 15) is 14.4 Å². The van der Waals surface area contributed by atoms with Gasteiger partial charge in [-0.05, 0) is 103 Å². The first-order valence-electron chi connectivity index (χ1n) is 33.7. The lowest BCUT2D eigenvalue weighted by Gasteiger charge is -2.18. The maximum Gasteiger partial charge on any atom is 0.306 e. The van der Waals surface area contributed by atoms with Crippen molar-refractivity contribution in [2.45, 2.75) is 335 Å². The molecule has 0 aliphatic carbocycles. The quantitative estimate of drug-likeness (QED) is 0.0261. The van der Waals surface area contributed by atoms with Gasteiger partial charge in [0.1, 0.15) is 13.2 Å². The molecule has 0 N–H and O–H groups in total. The number of unbranched alkanes of at least 4 members (excludes halogenated alkanes) is 34. The maximum atomic E-state index is 12.9. The Morgan fingerprint density at radius 2 is 0.494 bits per heavy atom. The summed E-state index contributed by atoms with van der Waals surface area (Å²) in [5, 5.41) is 0. The number of carbonyl (C=O) groups excluding carboxylic acids is 3. The molecule has 0 bridgehead atoms. The average Bonchev–Trinajstić information content (AvgIpc) is 3.45. The molecule has 0 fully saturated rings. The van der Waals surface area contributed by atoms with Crippen LogP contribution in [0.15, 0.2) is 97.2 Å². The van der Waals surface area contributed by atoms with E-state index in [1.54, 1.807) is 0 Å². The highest BCUT2D eigenvalue weighted by atomic mass is 16.6. The van der Waals surface area contributed by atoms with Gasteiger partial charge in [-0.2, -0.15) is 0 Å². The highest BCUT2D eigenvalue weighted by molar-refractivity contribution is 5.71. The topological polar surface area (TPSA) is 78.9 Å². The van der Waals surface area contributed by atoms with Gasteiger partial charge in [-0.3, -0.25) is 14.4 Å². The fraction of sp³-hybridized carbons (Fsp3) is 0.740. The molecule has 79 heavy (non-hydrogen) atoms. The monoisotopic (exact) mass is 1100 g/mol. The predicted octanol–water partition coefficient (Wildman–Crippen LogP) is 23.2. The Kier molecular flexibility index (Phi) is 63.7. The van der Waals surface area contributed by atoms with Crippen molar-refractivity contribution in [2.75, 3.05) is 13.2 Å². The van der Waals surface area contributed by atoms with E-state index in [2.05, 4.69) is 118 Å². The van der Waals surface area contributed by atoms with E-state index in [-0.39, 0.29) is 31.1 Å². The van der Waals surface area contributed by atoms with Crippen LogP contribution >= 0.6 is 0 Å². The van der Waals surface area contributed by atoms with Crippen LogP contribution in [0.4, 0.5) is 0 Å². The zero-order valence-electron chi connectivity index (χ0n) is 52.1. The third kappa shape index (κ3) is 65.0. The number of ether oxygens (including phenoxy) is 3. The number of allylic oxidation sites excluding steroid dienone is 16. The molecule has 0 aromatic carbocycles. The largest absolute Gasteiger partial charge is 0.462 e. The van der Waals surface area contributed by atoms with Gasteiger partial charge in [0.15, 0.2) is 6.10 Å². The van der Waals surface area contributed by atoms with Crippen LogP contribution in [-0.2, 0) is 28.6 Å². The van der Waals surface area contributed by atoms with Gasteiger partial charge in [0.25, 0.3) is 0 Å². The van der Waals surface area contributed by atoms with Crippen molar-refractivity contribution in [3.8, 4) is 0 Å². The molecule has 0 aliphatic heterocycles. The van der Waals surface area contributed by atoms with Crippen LogP contribution in [0.3, 0.4) is 0 Å². The summed E-state index contributed by atoms with van der Waals surface area (Å²) in [6.45, 7) is 6.53. The van der Waals surface area contributed by atoms with Crippen LogP contribution in [0.5, 0.6) is 0 Å². The molecule has 6 heteroatoms. The Bertz CT molecular complexity index is 1540. The Morgan fingerprint density at radius 3 is 0.772 bits per heavy atom. The lowest BCUT2D eigenvalue weighted by Crippen LogP contribution is -2.30. The van der Waals surface area contributed by atoms with Gasteiger partial charge in [-0.1, -0.05) is 304 Å². The second-order valence-corrected chi connectivity index (χ2v) is 22.4. The van der Waals surface area contributed by atoms with Crippen molar-refractivity contribution in [2.24, 2.45) is 0 Å². The highest BCUT2D eigenvalue weighted by Crippen LogP contribution is 2.17. The summed E-state index contributed by atoms with van der Waals surface area (Å²) in [7, 11) is 0. The summed E-state index contributed by atoms with van der Waals surface area (Å²) in [6.07, 6.45) is 89.8. The third-order valence-corrected chi connectivity index (χ3v) is 14.6. The van der Waals surface area contributed by atoms with Crippen molar-refractivity contribution in [3.05, 3.63) is 97.2 Å². The van der Waals surface area contributed by atoms with Crippen LogP contribution in [0, 0.1) is 0 Å². The van der Waals surface area contributed by atoms with E-state index in [4.69, 9.17) is 14.2 Å². The summed E-state index contributed by atoms with van der Waals surface area (Å²) < 4.78 is 17.0. The molecular weight excluding hydrogens is 973 g/mol. The summed E-state index contributed by atoms with van der Waals surface area (Å²) in [6, 6.07) is 0. The summed E-state index contributed by atoms with van der Waals surface area (Å²) >= 11 is 0. The van der Waals surface area contributed by atoms with Gasteiger partial charge in [-0.25, -0.2) is 0 Å². The molecule has 0 rings (SSSR count). The molecule has 0 spiro atoms. The average molecular weight is 1100 g/mol. The summed E-state index contributed by atoms with van der Waals surface area (Å²) in [4.78, 5) is 38.4. The minimum absolute atomic E-state index is 0.0842. The predicted molar refractivity (Wildman–Crippen MR) is 344 cm³/mol. The first kappa shape index (κ1) is 75.3. The number of hydrogen-bond donors (Lipinski definition) is 0. The van der Waals surface area contributed by atoms with E-state index in [1.807, 2.05) is 0 Å². The molecule has 0 aliphatic rings. The molecule has 0 amide bonds. The normalized spacial score (nSPS) is 12.7. The van der Waals surface area contributed by atoms with Gasteiger partial charge >= 0.3 is 17.9 Å². The lowest BCUT2D eigenvalue weighted by molar-refractivity contribution is -0.167. The van der Waals surface area contributed by atoms with E-state index in [0.29, 0.717) is 19.3 Å². The number of esters is 3. The third-order valence-electron chi connectivity index (χ3n) is 14.6. The number of rotatable bonds is 61. The molecule has 0 saturated heterocycles. The van der Waals surface area contributed by atoms with Crippen LogP contribution in [0.25, 0.3) is 0 Å². The lowest BCUT2D eigenvalue weighted by atomic mass is 10.0. The Balaban J connectivity index is 4.38. The smallest absolute Gasteiger partial charge is 0.306 e. The molecule has 6 nitrogen and oxygen atoms in total. The first-order chi connectivity index (χ1) is 39.0. The molecule has 1 atom stereocenters. The first-order valence-corrected chi connectivity index (χ1v) is 33.7. The SMILES string of the molecule is CC/C=C\C/C=C\C/C=C\C/C=C\C/C=C\CCCCCCCC(=O)OC(COC(=O)CCCCCCCCCCCC/C=C\C/C=C\C/C=C\CCCCCCC)COC(=O)CCCCCCCCCCCCCCCCC. The second-order valence-electron chi connectivity index (χ2n) is 22.4. The molecule has 454 valence electrons. The van der Waals surface area contributed by atoms with Gasteiger partial charge in [0.2, 0.25) is 0 Å². The van der Waals surface area contributed by atoms with Crippen molar-refractivity contribution < 1.29 is 28.6 Å². The Hall–Kier alpha value is -3.67. The van der Waals surface area contributed by atoms with E-state index >= 15 is 0 Å². The molecule has 0 saturated carbocycles. The van der Waals surface area contributed by atoms with Gasteiger partial charge < -0.3 is 14.2 Å². The fourth-order valence-electron chi connectivity index (χ4n) is 9.54. The molecule has 0 aromatic rings. The molecule has 1 unspecified atom stereocenters. The standard InChI is InChI=1S/C73H126O6/c1-4-7-10-13-16-19-22-25-28-30-32-34-35-36-37-39-40-42-45-48-51-54-57-60-63-66-72(75)78-69-70(68-77-71(74)65-62-59-56-53-50-47-44-27-24-21-18-15-12-9-6-3)79-73(76)67-64-61-58-55-52-49-46-43-41-38-33-31-29-26-23-20-17-14-11-8-5-2/h8,11,17,20,22,25-26,29-30,32-33,35-36,38,43,46,70H,4-7,9-10,12-16,18-19,21,23-24,27-28,31,34,37,39-42,44-45,47-69H2,1-3H3/b11-8-,20-17-,25-22-,29-26-,32-30-,36-35-,38-33-,46-43-. The highest BCUT2D eigenvalue weighted by Gasteiger charge is 2.19. The Labute approximate surface area is 489 Å². The molecule has 0 radical (unpaired) electrons. The van der Waals surface area contributed by atoms with E-state index in [1.165, 1.54) is 167 Å². The van der Waals surface area contributed by atoms with Crippen LogP contribution in [0.1, 0.15) is 329 Å². The Morgan fingerprint density at radius 1 is 0.266 bits per heavy atom. The molecule has 0 aromatic heterocycles. The zero-order chi connectivity index (χ0) is 57.1. The van der Waals surface area contributed by atoms with Gasteiger partial charge in [0, 0.05) is 19.3 Å². The minimum Gasteiger partial charge on any atom is -0.462 e. The van der Waals surface area contributed by atoms with Gasteiger partial charge in [0.05, 0.1) is 0 Å². The van der Waals surface area contributed by atoms with Crippen LogP contribution < -0.4 is 0 Å². The van der Waals surface area contributed by atoms with Crippen molar-refractivity contribution in [3.63, 3.8) is 0 Å². The number of carbonyl (C=O) groups is 3.